The van der Waals surface area contributed by atoms with Gasteiger partial charge in [-0.15, -0.1) is 0 Å². The Morgan fingerprint density at radius 3 is 2.36 bits per heavy atom. The number of ether oxygens (including phenoxy) is 5. The summed E-state index contributed by atoms with van der Waals surface area (Å²) in [5.74, 6) is -2.56. The molecule has 0 amide bonds. The molecular formula is C35H49N6O11P. The van der Waals surface area contributed by atoms with E-state index in [1.807, 2.05) is 0 Å². The summed E-state index contributed by atoms with van der Waals surface area (Å²) < 4.78 is 57.5. The molecule has 3 N–H and O–H groups in total. The minimum Gasteiger partial charge on any atom is -0.463 e. The minimum atomic E-state index is -4.42. The molecule has 18 heteroatoms. The van der Waals surface area contributed by atoms with E-state index >= 15 is 0 Å². The van der Waals surface area contributed by atoms with Crippen LogP contribution in [0.2, 0.25) is 0 Å². The number of carbonyl (C=O) groups excluding carboxylic acids is 3. The molecule has 2 aliphatic rings. The zero-order chi connectivity index (χ0) is 38.3. The number of hydrogen-bond donors (Lipinski definition) is 2. The quantitative estimate of drug-likeness (QED) is 0.122. The average molecular weight is 761 g/mol. The monoisotopic (exact) mass is 760 g/mol. The van der Waals surface area contributed by atoms with Gasteiger partial charge in [-0.3, -0.25) is 23.8 Å². The van der Waals surface area contributed by atoms with Gasteiger partial charge in [0.25, 0.3) is 0 Å². The molecule has 0 radical (unpaired) electrons. The van der Waals surface area contributed by atoms with Crippen molar-refractivity contribution in [1.82, 2.24) is 24.6 Å². The van der Waals surface area contributed by atoms with Crippen LogP contribution < -0.4 is 15.3 Å². The highest BCUT2D eigenvalue weighted by Gasteiger charge is 2.59. The van der Waals surface area contributed by atoms with E-state index in [9.17, 15) is 18.9 Å². The Labute approximate surface area is 308 Å². The number of para-hydroxylation sites is 1. The molecule has 2 aliphatic heterocycles. The molecule has 53 heavy (non-hydrogen) atoms. The van der Waals surface area contributed by atoms with Crippen molar-refractivity contribution in [1.29, 1.82) is 0 Å². The average Bonchev–Trinajstić information content (AvgIpc) is 3.67. The van der Waals surface area contributed by atoms with Gasteiger partial charge in [-0.1, -0.05) is 45.9 Å². The summed E-state index contributed by atoms with van der Waals surface area (Å²) in [6, 6.07) is 10.5. The zero-order valence-electron chi connectivity index (χ0n) is 30.8. The van der Waals surface area contributed by atoms with E-state index in [0.29, 0.717) is 31.0 Å². The van der Waals surface area contributed by atoms with Crippen LogP contribution in [0, 0.1) is 11.8 Å². The summed E-state index contributed by atoms with van der Waals surface area (Å²) in [7, 11) is -4.42. The van der Waals surface area contributed by atoms with Crippen molar-refractivity contribution in [2.75, 3.05) is 51.8 Å². The third kappa shape index (κ3) is 9.90. The van der Waals surface area contributed by atoms with Crippen molar-refractivity contribution < 1.29 is 51.7 Å². The maximum Gasteiger partial charge on any atom is 0.459 e. The number of fused-ring (bicyclic) bond motifs is 1. The van der Waals surface area contributed by atoms with Crippen molar-refractivity contribution in [3.63, 3.8) is 0 Å². The molecule has 1 aromatic carbocycles. The van der Waals surface area contributed by atoms with Crippen LogP contribution in [0.15, 0.2) is 48.8 Å². The molecule has 6 atom stereocenters. The van der Waals surface area contributed by atoms with E-state index < -0.39 is 74.1 Å². The number of hydrogen-bond acceptors (Lipinski definition) is 15. The van der Waals surface area contributed by atoms with Crippen LogP contribution in [0.1, 0.15) is 53.3 Å². The van der Waals surface area contributed by atoms with Gasteiger partial charge in [0.05, 0.1) is 37.4 Å². The van der Waals surface area contributed by atoms with E-state index in [1.54, 1.807) is 77.1 Å². The highest BCUT2D eigenvalue weighted by molar-refractivity contribution is 7.52. The van der Waals surface area contributed by atoms with Crippen LogP contribution in [0.4, 0.5) is 5.82 Å². The van der Waals surface area contributed by atoms with Gasteiger partial charge in [-0.25, -0.2) is 14.1 Å². The number of nitrogens with zero attached hydrogens (tertiary/aromatic N) is 4. The maximum atomic E-state index is 14.6. The number of morpholine rings is 1. The summed E-state index contributed by atoms with van der Waals surface area (Å²) in [5.41, 5.74) is 5.38. The molecule has 5 rings (SSSR count). The van der Waals surface area contributed by atoms with Crippen LogP contribution >= 0.6 is 7.75 Å². The second-order valence-corrected chi connectivity index (χ2v) is 15.5. The number of aromatic nitrogens is 3. The fourth-order valence-corrected chi connectivity index (χ4v) is 7.33. The molecular weight excluding hydrogens is 711 g/mol. The van der Waals surface area contributed by atoms with E-state index in [-0.39, 0.29) is 18.2 Å². The third-order valence-corrected chi connectivity index (χ3v) is 10.4. The normalized spacial score (nSPS) is 23.8. The van der Waals surface area contributed by atoms with Gasteiger partial charge < -0.3 is 33.9 Å². The molecule has 2 fully saturated rings. The Morgan fingerprint density at radius 1 is 1.00 bits per heavy atom. The number of esters is 3. The molecule has 0 saturated carbocycles. The van der Waals surface area contributed by atoms with Crippen LogP contribution in [0.5, 0.6) is 5.75 Å². The lowest BCUT2D eigenvalue weighted by molar-refractivity contribution is -0.175. The predicted molar refractivity (Wildman–Crippen MR) is 191 cm³/mol. The molecule has 2 aromatic heterocycles. The molecule has 3 aromatic rings. The topological polar surface area (TPSA) is 204 Å². The Hall–Kier alpha value is -4.12. The highest BCUT2D eigenvalue weighted by Crippen LogP contribution is 2.50. The maximum absolute atomic E-state index is 14.6. The summed E-state index contributed by atoms with van der Waals surface area (Å²) >= 11 is 0. The number of nitrogens with one attached hydrogen (secondary N) is 1. The number of carbonyl (C=O) groups is 3. The lowest BCUT2D eigenvalue weighted by Gasteiger charge is -2.33. The molecule has 0 spiro atoms. The van der Waals surface area contributed by atoms with Crippen LogP contribution in [0.25, 0.3) is 5.52 Å². The van der Waals surface area contributed by atoms with Crippen LogP contribution in [-0.2, 0) is 47.2 Å². The molecule has 0 aliphatic carbocycles. The van der Waals surface area contributed by atoms with Crippen LogP contribution in [0.3, 0.4) is 0 Å². The van der Waals surface area contributed by atoms with E-state index in [4.69, 9.17) is 38.5 Å². The Morgan fingerprint density at radius 2 is 1.68 bits per heavy atom. The fourth-order valence-electron chi connectivity index (χ4n) is 5.75. The second-order valence-electron chi connectivity index (χ2n) is 13.8. The predicted octanol–water partition coefficient (Wildman–Crippen LogP) is 3.33. The largest absolute Gasteiger partial charge is 0.463 e. The van der Waals surface area contributed by atoms with Crippen molar-refractivity contribution >= 4 is 37.0 Å². The number of anilines is 1. The lowest BCUT2D eigenvalue weighted by Crippen LogP contribution is -2.49. The van der Waals surface area contributed by atoms with Gasteiger partial charge in [0.1, 0.15) is 41.9 Å². The van der Waals surface area contributed by atoms with E-state index in [1.165, 1.54) is 17.8 Å². The summed E-state index contributed by atoms with van der Waals surface area (Å²) in [5, 5.41) is 7.02. The van der Waals surface area contributed by atoms with Crippen molar-refractivity contribution in [2.24, 2.45) is 11.8 Å². The number of nitrogen functional groups attached to an aromatic ring is 1. The zero-order valence-corrected chi connectivity index (χ0v) is 31.7. The lowest BCUT2D eigenvalue weighted by atomic mass is 9.95. The van der Waals surface area contributed by atoms with Gasteiger partial charge in [0.2, 0.25) is 0 Å². The molecule has 4 heterocycles. The first kappa shape index (κ1) is 40.1. The SMILES string of the molecule is CC(C)C(=O)O[C@H]1[C@H](c2ccc3c(N)ncnn23)O[C@](C)(COP(=O)(N[C@@H](C)C(=O)OCCN2CCOCC2)Oc2ccccc2)[C@H]1OC(=O)C(C)C. The van der Waals surface area contributed by atoms with Crippen molar-refractivity contribution in [2.45, 2.75) is 71.5 Å². The Balaban J connectivity index is 1.43. The number of rotatable bonds is 16. The summed E-state index contributed by atoms with van der Waals surface area (Å²) in [6.07, 6.45) is -2.29. The standard InChI is InChI=1S/C35H49N6O11P/c1-22(2)32(42)49-29-28(26-12-13-27-31(36)37-21-38-41(26)27)51-35(6,30(29)50-33(43)23(3)4)20-48-53(45,52-25-10-8-7-9-11-25)39-24(5)34(44)47-19-16-40-14-17-46-18-15-40/h7-13,21-24,28-30H,14-20H2,1-6H3,(H,39,45)(H2,36,37,38)/t24-,28-,29-,30-,35+,53?/m0/s1. The number of benzene rings is 1. The first-order valence-electron chi connectivity index (χ1n) is 17.6. The fraction of sp³-hybridized carbons (Fsp3) is 0.571. The molecule has 290 valence electrons. The molecule has 17 nitrogen and oxygen atoms in total. The molecule has 1 unspecified atom stereocenters. The Bertz CT molecular complexity index is 1770. The summed E-state index contributed by atoms with van der Waals surface area (Å²) in [4.78, 5) is 45.6. The third-order valence-electron chi connectivity index (χ3n) is 8.79. The number of nitrogens with two attached hydrogens (primary N) is 1. The van der Waals surface area contributed by atoms with E-state index in [2.05, 4.69) is 20.1 Å². The van der Waals surface area contributed by atoms with Crippen molar-refractivity contribution in [3.8, 4) is 5.75 Å². The minimum absolute atomic E-state index is 0.118. The van der Waals surface area contributed by atoms with E-state index in [0.717, 1.165) is 13.1 Å². The van der Waals surface area contributed by atoms with Gasteiger partial charge in [-0.2, -0.15) is 10.2 Å². The van der Waals surface area contributed by atoms with Crippen LogP contribution in [-0.4, -0.2) is 107 Å². The van der Waals surface area contributed by atoms with Gasteiger partial charge in [0.15, 0.2) is 18.0 Å². The molecule has 2 saturated heterocycles. The van der Waals surface area contributed by atoms with Gasteiger partial charge in [-0.05, 0) is 38.1 Å². The second kappa shape index (κ2) is 17.3. The van der Waals surface area contributed by atoms with Crippen molar-refractivity contribution in [3.05, 3.63) is 54.5 Å². The highest BCUT2D eigenvalue weighted by atomic mass is 31.2. The first-order chi connectivity index (χ1) is 25.2. The smallest absolute Gasteiger partial charge is 0.459 e. The van der Waals surface area contributed by atoms with Gasteiger partial charge in [0, 0.05) is 19.6 Å². The Kier molecular flexibility index (Phi) is 13.1. The first-order valence-corrected chi connectivity index (χ1v) is 19.1. The summed E-state index contributed by atoms with van der Waals surface area (Å²) in [6.45, 7) is 12.5. The van der Waals surface area contributed by atoms with Gasteiger partial charge >= 0.3 is 25.7 Å². The molecule has 0 bridgehead atoms.